The van der Waals surface area contributed by atoms with Crippen LogP contribution in [0.15, 0.2) is 24.5 Å². The van der Waals surface area contributed by atoms with Crippen molar-refractivity contribution in [2.45, 2.75) is 39.7 Å². The van der Waals surface area contributed by atoms with Gasteiger partial charge in [-0.25, -0.2) is 0 Å². The van der Waals surface area contributed by atoms with Crippen molar-refractivity contribution in [2.24, 2.45) is 0 Å². The quantitative estimate of drug-likeness (QED) is 0.655. The molecular weight excluding hydrogens is 332 g/mol. The van der Waals surface area contributed by atoms with E-state index >= 15 is 0 Å². The maximum atomic E-state index is 5.59. The zero-order valence-electron chi connectivity index (χ0n) is 16.6. The minimum absolute atomic E-state index is 0.248. The number of nitrogens with zero attached hydrogens (tertiary/aromatic N) is 2. The first-order valence-electron chi connectivity index (χ1n) is 8.79. The zero-order chi connectivity index (χ0) is 18.6. The van der Waals surface area contributed by atoms with Crippen molar-refractivity contribution in [2.75, 3.05) is 39.4 Å². The van der Waals surface area contributed by atoms with Gasteiger partial charge in [0.1, 0.15) is 0 Å². The van der Waals surface area contributed by atoms with E-state index in [9.17, 15) is 0 Å². The summed E-state index contributed by atoms with van der Waals surface area (Å²) in [5.74, 6) is 0. The molecule has 0 saturated heterocycles. The molecule has 0 bridgehead atoms. The van der Waals surface area contributed by atoms with Gasteiger partial charge < -0.3 is 23.1 Å². The highest BCUT2D eigenvalue weighted by Gasteiger charge is 2.44. The molecule has 25 heavy (non-hydrogen) atoms. The van der Waals surface area contributed by atoms with E-state index in [-0.39, 0.29) is 5.54 Å². The maximum Gasteiger partial charge on any atom is 0.503 e. The number of rotatable bonds is 8. The monoisotopic (exact) mass is 364 g/mol. The van der Waals surface area contributed by atoms with Gasteiger partial charge in [0.2, 0.25) is 0 Å². The summed E-state index contributed by atoms with van der Waals surface area (Å²) in [5, 5.41) is 0. The minimum atomic E-state index is -2.56. The van der Waals surface area contributed by atoms with Crippen molar-refractivity contribution >= 4 is 14.5 Å². The third kappa shape index (κ3) is 4.26. The predicted octanol–water partition coefficient (Wildman–Crippen LogP) is 3.82. The van der Waals surface area contributed by atoms with Gasteiger partial charge in [-0.1, -0.05) is 24.6 Å². The van der Waals surface area contributed by atoms with Gasteiger partial charge in [-0.05, 0) is 38.3 Å². The van der Waals surface area contributed by atoms with Crippen LogP contribution in [0.5, 0.6) is 0 Å². The van der Waals surface area contributed by atoms with Crippen molar-refractivity contribution in [3.63, 3.8) is 0 Å². The minimum Gasteiger partial charge on any atom is -0.377 e. The van der Waals surface area contributed by atoms with E-state index in [1.807, 2.05) is 0 Å². The van der Waals surface area contributed by atoms with Crippen molar-refractivity contribution < 1.29 is 13.3 Å². The lowest BCUT2D eigenvalue weighted by Gasteiger charge is -2.31. The van der Waals surface area contributed by atoms with Gasteiger partial charge in [-0.3, -0.25) is 0 Å². The van der Waals surface area contributed by atoms with Gasteiger partial charge in [0.25, 0.3) is 0 Å². The molecule has 140 valence electrons. The van der Waals surface area contributed by atoms with Crippen LogP contribution in [0.4, 0.5) is 5.69 Å². The average Bonchev–Trinajstić information content (AvgIpc) is 3.02. The fourth-order valence-corrected chi connectivity index (χ4v) is 5.96. The molecule has 5 nitrogen and oxygen atoms in total. The Hall–Kier alpha value is -1.34. The van der Waals surface area contributed by atoms with Crippen molar-refractivity contribution in [3.8, 4) is 0 Å². The Bertz CT molecular complexity index is 585. The molecule has 0 spiro atoms. The lowest BCUT2D eigenvalue weighted by molar-refractivity contribution is 0.110. The Morgan fingerprint density at radius 2 is 1.56 bits per heavy atom. The van der Waals surface area contributed by atoms with Gasteiger partial charge in [0, 0.05) is 51.5 Å². The van der Waals surface area contributed by atoms with E-state index in [0.29, 0.717) is 0 Å². The Balaban J connectivity index is 1.97. The summed E-state index contributed by atoms with van der Waals surface area (Å²) < 4.78 is 16.8. The van der Waals surface area contributed by atoms with Crippen molar-refractivity contribution in [3.05, 3.63) is 41.2 Å². The zero-order valence-corrected chi connectivity index (χ0v) is 17.6. The molecule has 1 aromatic rings. The predicted molar refractivity (Wildman–Crippen MR) is 105 cm³/mol. The summed E-state index contributed by atoms with van der Waals surface area (Å²) in [6, 6.07) is 4.49. The average molecular weight is 365 g/mol. The summed E-state index contributed by atoms with van der Waals surface area (Å²) >= 11 is 0. The Kier molecular flexibility index (Phi) is 6.68. The summed E-state index contributed by atoms with van der Waals surface area (Å²) in [4.78, 5) is 4.65. The molecule has 0 amide bonds. The van der Waals surface area contributed by atoms with Crippen molar-refractivity contribution in [1.29, 1.82) is 0 Å². The van der Waals surface area contributed by atoms with Gasteiger partial charge in [0.05, 0.1) is 6.67 Å². The first-order chi connectivity index (χ1) is 11.9. The second-order valence-electron chi connectivity index (χ2n) is 6.87. The van der Waals surface area contributed by atoms with Crippen LogP contribution in [0.1, 0.15) is 30.0 Å². The Morgan fingerprint density at radius 1 is 1.00 bits per heavy atom. The number of anilines is 1. The van der Waals surface area contributed by atoms with Crippen LogP contribution >= 0.6 is 0 Å². The van der Waals surface area contributed by atoms with Gasteiger partial charge in [-0.2, -0.15) is 0 Å². The topological polar surface area (TPSA) is 34.2 Å². The van der Waals surface area contributed by atoms with E-state index in [0.717, 1.165) is 19.6 Å². The molecule has 0 radical (unpaired) electrons. The lowest BCUT2D eigenvalue weighted by Crippen LogP contribution is -2.47. The molecule has 1 heterocycles. The van der Waals surface area contributed by atoms with Crippen LogP contribution < -0.4 is 4.90 Å². The molecule has 0 N–H and O–H groups in total. The molecule has 1 aliphatic rings. The smallest absolute Gasteiger partial charge is 0.377 e. The van der Waals surface area contributed by atoms with Gasteiger partial charge in [-0.15, -0.1) is 0 Å². The third-order valence-corrected chi connectivity index (χ3v) is 8.22. The van der Waals surface area contributed by atoms with Crippen LogP contribution in [0.25, 0.3) is 0 Å². The van der Waals surface area contributed by atoms with Crippen LogP contribution in [0.2, 0.25) is 5.54 Å². The summed E-state index contributed by atoms with van der Waals surface area (Å²) in [7, 11) is 2.47. The molecule has 0 saturated carbocycles. The van der Waals surface area contributed by atoms with E-state index < -0.39 is 8.80 Å². The van der Waals surface area contributed by atoms with Crippen LogP contribution in [0.3, 0.4) is 0 Å². The summed E-state index contributed by atoms with van der Waals surface area (Å²) in [5.41, 5.74) is 5.51. The highest BCUT2D eigenvalue weighted by molar-refractivity contribution is 6.62. The second kappa shape index (κ2) is 8.36. The van der Waals surface area contributed by atoms with E-state index in [1.54, 1.807) is 21.3 Å². The molecule has 6 heteroatoms. The van der Waals surface area contributed by atoms with E-state index in [4.69, 9.17) is 13.3 Å². The number of hydrogen-bond acceptors (Lipinski definition) is 5. The summed E-state index contributed by atoms with van der Waals surface area (Å²) in [6.45, 7) is 10.5. The van der Waals surface area contributed by atoms with Crippen LogP contribution in [-0.2, 0) is 13.3 Å². The molecule has 1 aliphatic heterocycles. The van der Waals surface area contributed by atoms with Crippen LogP contribution in [0, 0.1) is 20.8 Å². The fraction of sp³-hybridized carbons (Fsp3) is 0.579. The Morgan fingerprint density at radius 3 is 2.08 bits per heavy atom. The molecule has 1 atom stereocenters. The number of hydrogen-bond donors (Lipinski definition) is 0. The van der Waals surface area contributed by atoms with Gasteiger partial charge >= 0.3 is 8.80 Å². The molecule has 2 rings (SSSR count). The molecule has 0 aromatic heterocycles. The SMILES string of the molecule is CO[Si](OC)(OC)C(C)CCN1C=CN(c2c(C)cc(C)cc2C)C1. The lowest BCUT2D eigenvalue weighted by atomic mass is 10.0. The highest BCUT2D eigenvalue weighted by Crippen LogP contribution is 2.30. The molecule has 0 fully saturated rings. The second-order valence-corrected chi connectivity index (χ2v) is 10.3. The normalized spacial score (nSPS) is 16.0. The standard InChI is InChI=1S/C19H32N2O3Si/c1-15-12-16(2)19(17(3)13-15)21-11-10-20(14-21)9-8-18(4)25(22-5,23-6)24-7/h10-13,18H,8-9,14H2,1-7H3. The van der Waals surface area contributed by atoms with Gasteiger partial charge in [0.15, 0.2) is 0 Å². The summed E-state index contributed by atoms with van der Waals surface area (Å²) in [6.07, 6.45) is 5.30. The third-order valence-electron chi connectivity index (χ3n) is 5.02. The maximum absolute atomic E-state index is 5.59. The van der Waals surface area contributed by atoms with Crippen molar-refractivity contribution in [1.82, 2.24) is 4.90 Å². The molecule has 1 aromatic carbocycles. The number of aryl methyl sites for hydroxylation is 3. The largest absolute Gasteiger partial charge is 0.503 e. The Labute approximate surface area is 153 Å². The molecule has 0 aliphatic carbocycles. The first kappa shape index (κ1) is 20.0. The van der Waals surface area contributed by atoms with Crippen LogP contribution in [-0.4, -0.2) is 48.2 Å². The van der Waals surface area contributed by atoms with E-state index in [2.05, 4.69) is 62.0 Å². The highest BCUT2D eigenvalue weighted by atomic mass is 28.4. The fourth-order valence-electron chi connectivity index (χ4n) is 3.77. The van der Waals surface area contributed by atoms with E-state index in [1.165, 1.54) is 22.4 Å². The number of benzene rings is 1. The molecule has 1 unspecified atom stereocenters. The first-order valence-corrected chi connectivity index (χ1v) is 10.6. The molecular formula is C19H32N2O3Si.